The maximum absolute atomic E-state index is 11.1. The zero-order valence-corrected chi connectivity index (χ0v) is 8.05. The molecular formula is C11H16O2. The van der Waals surface area contributed by atoms with Crippen LogP contribution < -0.4 is 0 Å². The summed E-state index contributed by atoms with van der Waals surface area (Å²) in [5.41, 5.74) is -0.619. The Morgan fingerprint density at radius 1 is 1.77 bits per heavy atom. The molecule has 72 valence electrons. The molecule has 0 heterocycles. The van der Waals surface area contributed by atoms with Crippen LogP contribution in [0.1, 0.15) is 39.0 Å². The fourth-order valence-electron chi connectivity index (χ4n) is 2.29. The van der Waals surface area contributed by atoms with E-state index in [1.807, 2.05) is 0 Å². The molecule has 0 aromatic carbocycles. The molecule has 0 spiro atoms. The third-order valence-corrected chi connectivity index (χ3v) is 2.99. The van der Waals surface area contributed by atoms with Gasteiger partial charge in [-0.2, -0.15) is 0 Å². The second-order valence-electron chi connectivity index (χ2n) is 4.17. The van der Waals surface area contributed by atoms with Gasteiger partial charge in [-0.15, -0.1) is 12.3 Å². The summed E-state index contributed by atoms with van der Waals surface area (Å²) >= 11 is 0. The standard InChI is InChI=1S/C11H16O2/c1-3-6-11(10(12)13)7-4-5-9(2)8-11/h1,9H,4-8H2,2H3,(H,12,13). The van der Waals surface area contributed by atoms with Crippen LogP contribution in [0.15, 0.2) is 0 Å². The summed E-state index contributed by atoms with van der Waals surface area (Å²) in [5.74, 6) is 2.29. The third kappa shape index (κ3) is 2.03. The summed E-state index contributed by atoms with van der Waals surface area (Å²) < 4.78 is 0. The van der Waals surface area contributed by atoms with Crippen molar-refractivity contribution in [3.63, 3.8) is 0 Å². The lowest BCUT2D eigenvalue weighted by atomic mass is 9.68. The highest BCUT2D eigenvalue weighted by Gasteiger charge is 2.40. The molecular weight excluding hydrogens is 164 g/mol. The average Bonchev–Trinajstić information content (AvgIpc) is 2.04. The predicted molar refractivity (Wildman–Crippen MR) is 51.2 cm³/mol. The molecule has 1 fully saturated rings. The number of rotatable bonds is 2. The zero-order valence-electron chi connectivity index (χ0n) is 8.05. The summed E-state index contributed by atoms with van der Waals surface area (Å²) in [5, 5.41) is 9.14. The SMILES string of the molecule is C#CCC1(C(=O)O)CCCC(C)C1. The van der Waals surface area contributed by atoms with Gasteiger partial charge in [-0.25, -0.2) is 0 Å². The number of hydrogen-bond donors (Lipinski definition) is 1. The van der Waals surface area contributed by atoms with Gasteiger partial charge >= 0.3 is 5.97 Å². The molecule has 1 saturated carbocycles. The first-order valence-electron chi connectivity index (χ1n) is 4.77. The van der Waals surface area contributed by atoms with Crippen molar-refractivity contribution in [2.24, 2.45) is 11.3 Å². The minimum absolute atomic E-state index is 0.382. The van der Waals surface area contributed by atoms with Crippen LogP contribution in [-0.4, -0.2) is 11.1 Å². The van der Waals surface area contributed by atoms with Crippen molar-refractivity contribution in [2.45, 2.75) is 39.0 Å². The minimum atomic E-state index is -0.711. The van der Waals surface area contributed by atoms with Crippen LogP contribution in [0.2, 0.25) is 0 Å². The van der Waals surface area contributed by atoms with E-state index in [1.165, 1.54) is 0 Å². The molecule has 1 rings (SSSR count). The molecule has 2 unspecified atom stereocenters. The van der Waals surface area contributed by atoms with Crippen molar-refractivity contribution in [3.8, 4) is 12.3 Å². The molecule has 13 heavy (non-hydrogen) atoms. The number of carboxylic acid groups (broad SMARTS) is 1. The van der Waals surface area contributed by atoms with Gasteiger partial charge in [-0.05, 0) is 18.8 Å². The maximum atomic E-state index is 11.1. The summed E-state index contributed by atoms with van der Waals surface area (Å²) in [7, 11) is 0. The summed E-state index contributed by atoms with van der Waals surface area (Å²) in [6, 6.07) is 0. The van der Waals surface area contributed by atoms with Crippen LogP contribution in [0, 0.1) is 23.7 Å². The van der Waals surface area contributed by atoms with Gasteiger partial charge in [0.15, 0.2) is 0 Å². The van der Waals surface area contributed by atoms with E-state index in [0.717, 1.165) is 25.7 Å². The lowest BCUT2D eigenvalue weighted by Crippen LogP contribution is -2.35. The first-order valence-corrected chi connectivity index (χ1v) is 4.77. The molecule has 0 aromatic heterocycles. The molecule has 2 nitrogen and oxygen atoms in total. The number of carbonyl (C=O) groups is 1. The van der Waals surface area contributed by atoms with Gasteiger partial charge in [0.1, 0.15) is 0 Å². The van der Waals surface area contributed by atoms with Crippen LogP contribution >= 0.6 is 0 Å². The van der Waals surface area contributed by atoms with E-state index >= 15 is 0 Å². The normalized spacial score (nSPS) is 33.7. The Hall–Kier alpha value is -0.970. The monoisotopic (exact) mass is 180 g/mol. The minimum Gasteiger partial charge on any atom is -0.481 e. The van der Waals surface area contributed by atoms with Gasteiger partial charge < -0.3 is 5.11 Å². The lowest BCUT2D eigenvalue weighted by molar-refractivity contribution is -0.151. The van der Waals surface area contributed by atoms with E-state index in [9.17, 15) is 4.79 Å². The van der Waals surface area contributed by atoms with Crippen molar-refractivity contribution in [1.82, 2.24) is 0 Å². The Kier molecular flexibility index (Phi) is 2.98. The van der Waals surface area contributed by atoms with E-state index in [4.69, 9.17) is 11.5 Å². The Labute approximate surface area is 79.3 Å². The zero-order chi connectivity index (χ0) is 9.90. The molecule has 0 aromatic rings. The Morgan fingerprint density at radius 2 is 2.46 bits per heavy atom. The molecule has 1 aliphatic carbocycles. The largest absolute Gasteiger partial charge is 0.481 e. The molecule has 0 amide bonds. The quantitative estimate of drug-likeness (QED) is 0.662. The first kappa shape index (κ1) is 10.1. The number of hydrogen-bond acceptors (Lipinski definition) is 1. The molecule has 1 N–H and O–H groups in total. The Morgan fingerprint density at radius 3 is 2.92 bits per heavy atom. The topological polar surface area (TPSA) is 37.3 Å². The van der Waals surface area contributed by atoms with Crippen molar-refractivity contribution in [1.29, 1.82) is 0 Å². The van der Waals surface area contributed by atoms with Crippen molar-refractivity contribution in [3.05, 3.63) is 0 Å². The van der Waals surface area contributed by atoms with Gasteiger partial charge in [0.05, 0.1) is 5.41 Å². The van der Waals surface area contributed by atoms with E-state index in [0.29, 0.717) is 12.3 Å². The fourth-order valence-corrected chi connectivity index (χ4v) is 2.29. The van der Waals surface area contributed by atoms with E-state index in [2.05, 4.69) is 12.8 Å². The molecule has 2 atom stereocenters. The lowest BCUT2D eigenvalue weighted by Gasteiger charge is -2.34. The number of aliphatic carboxylic acids is 1. The Balaban J connectivity index is 2.78. The highest BCUT2D eigenvalue weighted by molar-refractivity contribution is 5.75. The third-order valence-electron chi connectivity index (χ3n) is 2.99. The van der Waals surface area contributed by atoms with Gasteiger partial charge in [-0.3, -0.25) is 4.79 Å². The molecule has 0 bridgehead atoms. The van der Waals surface area contributed by atoms with Crippen molar-refractivity contribution >= 4 is 5.97 Å². The van der Waals surface area contributed by atoms with Crippen LogP contribution in [0.3, 0.4) is 0 Å². The molecule has 0 saturated heterocycles. The molecule has 2 heteroatoms. The van der Waals surface area contributed by atoms with Crippen LogP contribution in [0.4, 0.5) is 0 Å². The first-order chi connectivity index (χ1) is 6.10. The molecule has 0 aliphatic heterocycles. The van der Waals surface area contributed by atoms with Crippen molar-refractivity contribution in [2.75, 3.05) is 0 Å². The highest BCUT2D eigenvalue weighted by atomic mass is 16.4. The second kappa shape index (κ2) is 3.83. The van der Waals surface area contributed by atoms with Crippen LogP contribution in [-0.2, 0) is 4.79 Å². The van der Waals surface area contributed by atoms with Crippen molar-refractivity contribution < 1.29 is 9.90 Å². The van der Waals surface area contributed by atoms with Gasteiger partial charge in [0.2, 0.25) is 0 Å². The fraction of sp³-hybridized carbons (Fsp3) is 0.727. The number of terminal acetylenes is 1. The van der Waals surface area contributed by atoms with E-state index in [1.54, 1.807) is 0 Å². The molecule has 0 radical (unpaired) electrons. The summed E-state index contributed by atoms with van der Waals surface area (Å²) in [6.45, 7) is 2.10. The Bertz CT molecular complexity index is 239. The summed E-state index contributed by atoms with van der Waals surface area (Å²) in [6.07, 6.45) is 9.22. The number of carboxylic acids is 1. The van der Waals surface area contributed by atoms with Crippen LogP contribution in [0.25, 0.3) is 0 Å². The maximum Gasteiger partial charge on any atom is 0.310 e. The molecule has 1 aliphatic rings. The summed E-state index contributed by atoms with van der Waals surface area (Å²) in [4.78, 5) is 11.1. The van der Waals surface area contributed by atoms with Crippen LogP contribution in [0.5, 0.6) is 0 Å². The van der Waals surface area contributed by atoms with E-state index < -0.39 is 11.4 Å². The predicted octanol–water partition coefficient (Wildman–Crippen LogP) is 2.29. The van der Waals surface area contributed by atoms with E-state index in [-0.39, 0.29) is 0 Å². The average molecular weight is 180 g/mol. The van der Waals surface area contributed by atoms with Gasteiger partial charge in [-0.1, -0.05) is 19.8 Å². The smallest absolute Gasteiger partial charge is 0.310 e. The van der Waals surface area contributed by atoms with Gasteiger partial charge in [0, 0.05) is 6.42 Å². The van der Waals surface area contributed by atoms with Gasteiger partial charge in [0.25, 0.3) is 0 Å². The second-order valence-corrected chi connectivity index (χ2v) is 4.17. The highest BCUT2D eigenvalue weighted by Crippen LogP contribution is 2.41.